The van der Waals surface area contributed by atoms with E-state index in [9.17, 15) is 0 Å². The van der Waals surface area contributed by atoms with E-state index in [0.717, 1.165) is 24.3 Å². The van der Waals surface area contributed by atoms with Gasteiger partial charge in [-0.25, -0.2) is 0 Å². The highest BCUT2D eigenvalue weighted by atomic mass is 15.1. The zero-order valence-electron chi connectivity index (χ0n) is 9.19. The molecule has 0 bridgehead atoms. The molecule has 0 radical (unpaired) electrons. The van der Waals surface area contributed by atoms with Gasteiger partial charge in [-0.15, -0.1) is 0 Å². The molecular formula is C13H15N3. The Bertz CT molecular complexity index is 516. The van der Waals surface area contributed by atoms with Gasteiger partial charge in [0, 0.05) is 36.0 Å². The predicted octanol–water partition coefficient (Wildman–Crippen LogP) is 2.42. The second-order valence-corrected chi connectivity index (χ2v) is 4.30. The molecule has 1 aliphatic rings. The Labute approximate surface area is 94.9 Å². The van der Waals surface area contributed by atoms with Crippen LogP contribution in [0.3, 0.4) is 0 Å². The molecule has 16 heavy (non-hydrogen) atoms. The van der Waals surface area contributed by atoms with E-state index < -0.39 is 0 Å². The molecule has 0 aliphatic carbocycles. The number of pyridine rings is 1. The number of aromatic nitrogens is 1. The van der Waals surface area contributed by atoms with Crippen molar-refractivity contribution in [1.29, 1.82) is 0 Å². The third kappa shape index (κ3) is 1.48. The monoisotopic (exact) mass is 213 g/mol. The van der Waals surface area contributed by atoms with Crippen LogP contribution < -0.4 is 10.6 Å². The fourth-order valence-electron chi connectivity index (χ4n) is 2.38. The Hall–Kier alpha value is -1.77. The third-order valence-electron chi connectivity index (χ3n) is 3.19. The highest BCUT2D eigenvalue weighted by molar-refractivity contribution is 5.93. The number of nitrogens with two attached hydrogens (primary N) is 1. The van der Waals surface area contributed by atoms with Gasteiger partial charge in [-0.1, -0.05) is 0 Å². The lowest BCUT2D eigenvalue weighted by Crippen LogP contribution is -2.17. The van der Waals surface area contributed by atoms with Crippen LogP contribution >= 0.6 is 0 Å². The Morgan fingerprint density at radius 1 is 1.12 bits per heavy atom. The van der Waals surface area contributed by atoms with Crippen LogP contribution in [0.25, 0.3) is 10.9 Å². The van der Waals surface area contributed by atoms with Crippen molar-refractivity contribution in [1.82, 2.24) is 4.98 Å². The van der Waals surface area contributed by atoms with Crippen LogP contribution in [0, 0.1) is 0 Å². The van der Waals surface area contributed by atoms with Crippen molar-refractivity contribution in [2.45, 2.75) is 12.8 Å². The van der Waals surface area contributed by atoms with Crippen molar-refractivity contribution >= 4 is 22.3 Å². The highest BCUT2D eigenvalue weighted by Crippen LogP contribution is 2.28. The van der Waals surface area contributed by atoms with E-state index in [0.29, 0.717) is 0 Å². The molecule has 1 aliphatic heterocycles. The molecule has 0 saturated carbocycles. The van der Waals surface area contributed by atoms with Crippen LogP contribution in [0.1, 0.15) is 12.8 Å². The lowest BCUT2D eigenvalue weighted by atomic mass is 10.1. The van der Waals surface area contributed by atoms with Crippen molar-refractivity contribution in [3.05, 3.63) is 30.5 Å². The van der Waals surface area contributed by atoms with Crippen LogP contribution in [0.15, 0.2) is 30.5 Å². The molecular weight excluding hydrogens is 198 g/mol. The van der Waals surface area contributed by atoms with Gasteiger partial charge in [0.2, 0.25) is 0 Å². The molecule has 82 valence electrons. The number of rotatable bonds is 1. The number of nitrogen functional groups attached to an aromatic ring is 1. The fraction of sp³-hybridized carbons (Fsp3) is 0.308. The van der Waals surface area contributed by atoms with E-state index >= 15 is 0 Å². The molecule has 1 fully saturated rings. The Kier molecular flexibility index (Phi) is 2.17. The number of benzene rings is 1. The summed E-state index contributed by atoms with van der Waals surface area (Å²) in [6.07, 6.45) is 4.45. The average Bonchev–Trinajstić information content (AvgIpc) is 2.81. The van der Waals surface area contributed by atoms with Gasteiger partial charge in [-0.05, 0) is 37.1 Å². The molecule has 2 aromatic rings. The first-order chi connectivity index (χ1) is 7.84. The minimum Gasteiger partial charge on any atom is -0.399 e. The summed E-state index contributed by atoms with van der Waals surface area (Å²) in [5, 5.41) is 1.21. The molecule has 3 rings (SSSR count). The predicted molar refractivity (Wildman–Crippen MR) is 67.6 cm³/mol. The minimum absolute atomic E-state index is 0.776. The zero-order valence-corrected chi connectivity index (χ0v) is 9.19. The molecule has 3 heteroatoms. The van der Waals surface area contributed by atoms with Gasteiger partial charge >= 0.3 is 0 Å². The van der Waals surface area contributed by atoms with E-state index in [1.807, 2.05) is 18.3 Å². The summed E-state index contributed by atoms with van der Waals surface area (Å²) in [6, 6.07) is 8.06. The summed E-state index contributed by atoms with van der Waals surface area (Å²) in [4.78, 5) is 6.80. The zero-order chi connectivity index (χ0) is 11.0. The Morgan fingerprint density at radius 3 is 2.75 bits per heavy atom. The highest BCUT2D eigenvalue weighted by Gasteiger charge is 2.14. The number of anilines is 2. The lowest BCUT2D eigenvalue weighted by molar-refractivity contribution is 0.949. The molecule has 2 heterocycles. The normalized spacial score (nSPS) is 15.9. The quantitative estimate of drug-likeness (QED) is 0.740. The first kappa shape index (κ1) is 9.46. The van der Waals surface area contributed by atoms with Crippen molar-refractivity contribution in [3.63, 3.8) is 0 Å². The number of fused-ring (bicyclic) bond motifs is 1. The second-order valence-electron chi connectivity index (χ2n) is 4.30. The molecule has 2 N–H and O–H groups in total. The van der Waals surface area contributed by atoms with Gasteiger partial charge in [-0.3, -0.25) is 4.98 Å². The molecule has 0 spiro atoms. The molecule has 0 atom stereocenters. The van der Waals surface area contributed by atoms with Crippen LogP contribution in [0.5, 0.6) is 0 Å². The maximum atomic E-state index is 5.77. The van der Waals surface area contributed by atoms with Crippen molar-refractivity contribution in [2.24, 2.45) is 0 Å². The topological polar surface area (TPSA) is 42.1 Å². The van der Waals surface area contributed by atoms with Crippen molar-refractivity contribution in [3.8, 4) is 0 Å². The number of hydrogen-bond acceptors (Lipinski definition) is 3. The minimum atomic E-state index is 0.776. The van der Waals surface area contributed by atoms with Gasteiger partial charge in [-0.2, -0.15) is 0 Å². The molecule has 0 unspecified atom stereocenters. The van der Waals surface area contributed by atoms with Crippen molar-refractivity contribution < 1.29 is 0 Å². The molecule has 3 nitrogen and oxygen atoms in total. The summed E-state index contributed by atoms with van der Waals surface area (Å²) in [7, 11) is 0. The largest absolute Gasteiger partial charge is 0.399 e. The summed E-state index contributed by atoms with van der Waals surface area (Å²) < 4.78 is 0. The van der Waals surface area contributed by atoms with E-state index in [1.54, 1.807) is 0 Å². The first-order valence-corrected chi connectivity index (χ1v) is 5.74. The number of nitrogens with zero attached hydrogens (tertiary/aromatic N) is 2. The maximum Gasteiger partial charge on any atom is 0.0743 e. The molecule has 1 saturated heterocycles. The van der Waals surface area contributed by atoms with Crippen molar-refractivity contribution in [2.75, 3.05) is 23.7 Å². The average molecular weight is 213 g/mol. The summed E-state index contributed by atoms with van der Waals surface area (Å²) >= 11 is 0. The second kappa shape index (κ2) is 3.67. The lowest BCUT2D eigenvalue weighted by Gasteiger charge is -2.19. The number of hydrogen-bond donors (Lipinski definition) is 1. The van der Waals surface area contributed by atoms with E-state index in [2.05, 4.69) is 22.0 Å². The third-order valence-corrected chi connectivity index (χ3v) is 3.19. The fourth-order valence-corrected chi connectivity index (χ4v) is 2.38. The summed E-state index contributed by atoms with van der Waals surface area (Å²) in [6.45, 7) is 2.31. The smallest absolute Gasteiger partial charge is 0.0743 e. The molecule has 0 amide bonds. The molecule has 1 aromatic carbocycles. The van der Waals surface area contributed by atoms with Gasteiger partial charge < -0.3 is 10.6 Å². The van der Waals surface area contributed by atoms with Gasteiger partial charge in [0.05, 0.1) is 5.52 Å². The van der Waals surface area contributed by atoms with Gasteiger partial charge in [0.1, 0.15) is 0 Å². The van der Waals surface area contributed by atoms with E-state index in [-0.39, 0.29) is 0 Å². The van der Waals surface area contributed by atoms with Crippen LogP contribution in [-0.4, -0.2) is 18.1 Å². The van der Waals surface area contributed by atoms with Crippen LogP contribution in [0.2, 0.25) is 0 Å². The van der Waals surface area contributed by atoms with E-state index in [1.165, 1.54) is 23.9 Å². The Morgan fingerprint density at radius 2 is 1.94 bits per heavy atom. The first-order valence-electron chi connectivity index (χ1n) is 5.74. The standard InChI is InChI=1S/C13H15N3/c14-10-3-4-11-12(9-10)15-6-5-13(11)16-7-1-2-8-16/h3-6,9H,1-2,7-8,14H2. The van der Waals surface area contributed by atoms with E-state index in [4.69, 9.17) is 5.73 Å². The van der Waals surface area contributed by atoms with Crippen LogP contribution in [0.4, 0.5) is 11.4 Å². The van der Waals surface area contributed by atoms with Crippen LogP contribution in [-0.2, 0) is 0 Å². The van der Waals surface area contributed by atoms with Gasteiger partial charge in [0.25, 0.3) is 0 Å². The summed E-state index contributed by atoms with van der Waals surface area (Å²) in [5.41, 5.74) is 8.83. The Balaban J connectivity index is 2.16. The molecule has 1 aromatic heterocycles. The SMILES string of the molecule is Nc1ccc2c(N3CCCC3)ccnc2c1. The van der Waals surface area contributed by atoms with Gasteiger partial charge in [0.15, 0.2) is 0 Å². The maximum absolute atomic E-state index is 5.77. The summed E-state index contributed by atoms with van der Waals surface area (Å²) in [5.74, 6) is 0.